The third-order valence-electron chi connectivity index (χ3n) is 4.31. The number of hydrogen-bond donors (Lipinski definition) is 2. The quantitative estimate of drug-likeness (QED) is 0.799. The summed E-state index contributed by atoms with van der Waals surface area (Å²) < 4.78 is 39.9. The number of benzene rings is 1. The van der Waals surface area contributed by atoms with Crippen molar-refractivity contribution in [3.8, 4) is 0 Å². The van der Waals surface area contributed by atoms with Crippen molar-refractivity contribution in [2.24, 2.45) is 11.7 Å². The highest BCUT2D eigenvalue weighted by atomic mass is 19.2. The van der Waals surface area contributed by atoms with Crippen molar-refractivity contribution in [3.63, 3.8) is 0 Å². The van der Waals surface area contributed by atoms with E-state index in [1.165, 1.54) is 4.90 Å². The standard InChI is InChI=1S/C17H22F3N3O2/c1-9-7-22-17(25)10(2)23(8-9)16(24)5-12(21)3-11-4-14(19)15(20)6-13(11)18/h4,6,9-10,12H,3,5,7-8,21H2,1-2H3,(H,22,25)/t9-,10-,12-/m1/s1. The van der Waals surface area contributed by atoms with Crippen LogP contribution < -0.4 is 11.1 Å². The number of amides is 2. The minimum absolute atomic E-state index is 0.0887. The van der Waals surface area contributed by atoms with Crippen LogP contribution in [0.4, 0.5) is 13.2 Å². The highest BCUT2D eigenvalue weighted by Gasteiger charge is 2.31. The Labute approximate surface area is 144 Å². The van der Waals surface area contributed by atoms with Gasteiger partial charge >= 0.3 is 0 Å². The van der Waals surface area contributed by atoms with E-state index in [1.54, 1.807) is 6.92 Å². The summed E-state index contributed by atoms with van der Waals surface area (Å²) in [7, 11) is 0. The number of nitrogens with one attached hydrogen (secondary N) is 1. The van der Waals surface area contributed by atoms with Crippen LogP contribution in [0.1, 0.15) is 25.8 Å². The van der Waals surface area contributed by atoms with Crippen molar-refractivity contribution in [2.45, 2.75) is 38.8 Å². The van der Waals surface area contributed by atoms with Crippen molar-refractivity contribution < 1.29 is 22.8 Å². The van der Waals surface area contributed by atoms with Crippen LogP contribution in [0.2, 0.25) is 0 Å². The van der Waals surface area contributed by atoms with Crippen LogP contribution >= 0.6 is 0 Å². The molecule has 1 aliphatic rings. The monoisotopic (exact) mass is 357 g/mol. The molecule has 1 heterocycles. The van der Waals surface area contributed by atoms with Gasteiger partial charge in [-0.15, -0.1) is 0 Å². The molecule has 0 aliphatic carbocycles. The van der Waals surface area contributed by atoms with E-state index in [4.69, 9.17) is 5.73 Å². The van der Waals surface area contributed by atoms with E-state index in [9.17, 15) is 22.8 Å². The molecule has 2 rings (SSSR count). The molecule has 2 amide bonds. The summed E-state index contributed by atoms with van der Waals surface area (Å²) in [6, 6.07) is -0.188. The van der Waals surface area contributed by atoms with Crippen molar-refractivity contribution in [2.75, 3.05) is 13.1 Å². The maximum Gasteiger partial charge on any atom is 0.242 e. The second-order valence-electron chi connectivity index (χ2n) is 6.60. The molecule has 1 saturated heterocycles. The van der Waals surface area contributed by atoms with Crippen LogP contribution in [0.3, 0.4) is 0 Å². The second kappa shape index (κ2) is 7.86. The van der Waals surface area contributed by atoms with E-state index < -0.39 is 29.5 Å². The highest BCUT2D eigenvalue weighted by Crippen LogP contribution is 2.17. The molecule has 25 heavy (non-hydrogen) atoms. The lowest BCUT2D eigenvalue weighted by Crippen LogP contribution is -2.47. The van der Waals surface area contributed by atoms with E-state index in [0.717, 1.165) is 6.07 Å². The van der Waals surface area contributed by atoms with Crippen LogP contribution in [-0.2, 0) is 16.0 Å². The first-order valence-electron chi connectivity index (χ1n) is 8.15. The highest BCUT2D eigenvalue weighted by molar-refractivity contribution is 5.88. The largest absolute Gasteiger partial charge is 0.354 e. The molecule has 0 radical (unpaired) electrons. The number of rotatable bonds is 4. The SMILES string of the molecule is C[C@@H]1CNC(=O)[C@@H](C)N(C(=O)C[C@H](N)Cc2cc(F)c(F)cc2F)C1. The number of nitrogens with zero attached hydrogens (tertiary/aromatic N) is 1. The lowest BCUT2D eigenvalue weighted by atomic mass is 10.0. The molecule has 1 aromatic rings. The van der Waals surface area contributed by atoms with Gasteiger partial charge in [0.2, 0.25) is 11.8 Å². The Morgan fingerprint density at radius 3 is 2.60 bits per heavy atom. The lowest BCUT2D eigenvalue weighted by Gasteiger charge is -2.28. The molecule has 3 atom stereocenters. The normalized spacial score (nSPS) is 22.3. The summed E-state index contributed by atoms with van der Waals surface area (Å²) in [4.78, 5) is 25.9. The first-order valence-corrected chi connectivity index (χ1v) is 8.15. The van der Waals surface area contributed by atoms with Gasteiger partial charge in [0.25, 0.3) is 0 Å². The van der Waals surface area contributed by atoms with E-state index in [2.05, 4.69) is 5.32 Å². The minimum Gasteiger partial charge on any atom is -0.354 e. The first-order chi connectivity index (χ1) is 11.7. The Morgan fingerprint density at radius 2 is 1.92 bits per heavy atom. The van der Waals surface area contributed by atoms with Crippen molar-refractivity contribution in [3.05, 3.63) is 35.1 Å². The zero-order chi connectivity index (χ0) is 18.7. The molecule has 0 bridgehead atoms. The van der Waals surface area contributed by atoms with E-state index in [0.29, 0.717) is 19.2 Å². The number of carbonyl (C=O) groups is 2. The molecule has 1 fully saturated rings. The number of hydrogen-bond acceptors (Lipinski definition) is 3. The molecule has 0 aromatic heterocycles. The summed E-state index contributed by atoms with van der Waals surface area (Å²) in [5.41, 5.74) is 5.80. The van der Waals surface area contributed by atoms with Crippen LogP contribution in [0.5, 0.6) is 0 Å². The predicted molar refractivity (Wildman–Crippen MR) is 86.0 cm³/mol. The van der Waals surface area contributed by atoms with Crippen LogP contribution in [-0.4, -0.2) is 41.9 Å². The molecular formula is C17H22F3N3O2. The van der Waals surface area contributed by atoms with Crippen LogP contribution in [0.15, 0.2) is 12.1 Å². The zero-order valence-corrected chi connectivity index (χ0v) is 14.2. The van der Waals surface area contributed by atoms with Gasteiger partial charge in [0.1, 0.15) is 11.9 Å². The molecular weight excluding hydrogens is 335 g/mol. The topological polar surface area (TPSA) is 75.4 Å². The molecule has 0 unspecified atom stereocenters. The summed E-state index contributed by atoms with van der Waals surface area (Å²) in [6.07, 6.45) is -0.235. The van der Waals surface area contributed by atoms with Crippen molar-refractivity contribution >= 4 is 11.8 Å². The molecule has 0 saturated carbocycles. The van der Waals surface area contributed by atoms with E-state index >= 15 is 0 Å². The van der Waals surface area contributed by atoms with Gasteiger partial charge in [0.15, 0.2) is 11.6 Å². The second-order valence-corrected chi connectivity index (χ2v) is 6.60. The average Bonchev–Trinajstić information content (AvgIpc) is 2.66. The van der Waals surface area contributed by atoms with Gasteiger partial charge in [-0.3, -0.25) is 9.59 Å². The Bertz CT molecular complexity index is 669. The third-order valence-corrected chi connectivity index (χ3v) is 4.31. The molecule has 3 N–H and O–H groups in total. The summed E-state index contributed by atoms with van der Waals surface area (Å²) >= 11 is 0. The lowest BCUT2D eigenvalue weighted by molar-refractivity contribution is -0.139. The van der Waals surface area contributed by atoms with Crippen LogP contribution in [0, 0.1) is 23.4 Å². The Hall–Kier alpha value is -2.09. The molecule has 1 aromatic carbocycles. The molecule has 138 valence electrons. The van der Waals surface area contributed by atoms with Crippen LogP contribution in [0.25, 0.3) is 0 Å². The fourth-order valence-corrected chi connectivity index (χ4v) is 2.86. The Balaban J connectivity index is 2.04. The smallest absolute Gasteiger partial charge is 0.242 e. The van der Waals surface area contributed by atoms with E-state index in [1.807, 2.05) is 6.92 Å². The summed E-state index contributed by atoms with van der Waals surface area (Å²) in [5.74, 6) is -3.81. The molecule has 5 nitrogen and oxygen atoms in total. The van der Waals surface area contributed by atoms with Crippen molar-refractivity contribution in [1.29, 1.82) is 0 Å². The maximum absolute atomic E-state index is 13.7. The number of carbonyl (C=O) groups excluding carboxylic acids is 2. The van der Waals surface area contributed by atoms with Gasteiger partial charge < -0.3 is 16.0 Å². The van der Waals surface area contributed by atoms with Crippen molar-refractivity contribution in [1.82, 2.24) is 10.2 Å². The van der Waals surface area contributed by atoms with Gasteiger partial charge in [0, 0.05) is 31.6 Å². The van der Waals surface area contributed by atoms with E-state index in [-0.39, 0.29) is 36.1 Å². The Kier molecular flexibility index (Phi) is 6.05. The average molecular weight is 357 g/mol. The molecule has 1 aliphatic heterocycles. The zero-order valence-electron chi connectivity index (χ0n) is 14.2. The Morgan fingerprint density at radius 1 is 1.28 bits per heavy atom. The molecule has 0 spiro atoms. The van der Waals surface area contributed by atoms with Gasteiger partial charge in [-0.1, -0.05) is 6.92 Å². The van der Waals surface area contributed by atoms with Gasteiger partial charge in [-0.05, 0) is 30.9 Å². The minimum atomic E-state index is -1.27. The fraction of sp³-hybridized carbons (Fsp3) is 0.529. The third kappa shape index (κ3) is 4.72. The predicted octanol–water partition coefficient (Wildman–Crippen LogP) is 1.35. The summed E-state index contributed by atoms with van der Waals surface area (Å²) in [5, 5.41) is 2.75. The number of halogens is 3. The maximum atomic E-state index is 13.7. The fourth-order valence-electron chi connectivity index (χ4n) is 2.86. The van der Waals surface area contributed by atoms with Gasteiger partial charge in [-0.25, -0.2) is 13.2 Å². The molecule has 8 heteroatoms. The summed E-state index contributed by atoms with van der Waals surface area (Å²) in [6.45, 7) is 4.44. The first kappa shape index (κ1) is 19.2. The van der Waals surface area contributed by atoms with Gasteiger partial charge in [-0.2, -0.15) is 0 Å². The number of nitrogens with two attached hydrogens (primary N) is 1. The van der Waals surface area contributed by atoms with Gasteiger partial charge in [0.05, 0.1) is 0 Å².